The predicted molar refractivity (Wildman–Crippen MR) is 124 cm³/mol. The van der Waals surface area contributed by atoms with Gasteiger partial charge in [-0.1, -0.05) is 0 Å². The highest BCUT2D eigenvalue weighted by Crippen LogP contribution is 2.39. The minimum absolute atomic E-state index is 0.275. The minimum Gasteiger partial charge on any atom is -0.497 e. The number of benzene rings is 2. The SMILES string of the molecule is COc1cc(OC)c2c(N3CCCC3)nc(-c3cc(C)c(OCC(=O)NO)c(C)c3)nc2c1. The Bertz CT molecular complexity index is 1170. The van der Waals surface area contributed by atoms with E-state index < -0.39 is 5.91 Å². The van der Waals surface area contributed by atoms with Gasteiger partial charge in [-0.3, -0.25) is 10.0 Å². The van der Waals surface area contributed by atoms with E-state index in [0.717, 1.165) is 59.3 Å². The topological polar surface area (TPSA) is 106 Å². The van der Waals surface area contributed by atoms with E-state index in [0.29, 0.717) is 23.1 Å². The number of fused-ring (bicyclic) bond motifs is 1. The largest absolute Gasteiger partial charge is 0.497 e. The smallest absolute Gasteiger partial charge is 0.281 e. The van der Waals surface area contributed by atoms with E-state index in [4.69, 9.17) is 29.4 Å². The predicted octanol–water partition coefficient (Wildman–Crippen LogP) is 3.42. The number of hydrogen-bond acceptors (Lipinski definition) is 8. The summed E-state index contributed by atoms with van der Waals surface area (Å²) < 4.78 is 16.7. The average molecular weight is 453 g/mol. The summed E-state index contributed by atoms with van der Waals surface area (Å²) in [4.78, 5) is 23.5. The maximum Gasteiger partial charge on any atom is 0.281 e. The van der Waals surface area contributed by atoms with Crippen molar-refractivity contribution in [3.05, 3.63) is 35.4 Å². The number of ether oxygens (including phenoxy) is 3. The molecule has 0 radical (unpaired) electrons. The van der Waals surface area contributed by atoms with Gasteiger partial charge in [-0.25, -0.2) is 15.4 Å². The van der Waals surface area contributed by atoms with Gasteiger partial charge in [0.1, 0.15) is 23.1 Å². The molecule has 0 spiro atoms. The van der Waals surface area contributed by atoms with Crippen LogP contribution in [0, 0.1) is 13.8 Å². The number of carbonyl (C=O) groups excluding carboxylic acids is 1. The molecule has 33 heavy (non-hydrogen) atoms. The van der Waals surface area contributed by atoms with Crippen LogP contribution in [0.1, 0.15) is 24.0 Å². The molecule has 3 aromatic rings. The van der Waals surface area contributed by atoms with Gasteiger partial charge in [0.25, 0.3) is 5.91 Å². The third kappa shape index (κ3) is 4.49. The lowest BCUT2D eigenvalue weighted by Gasteiger charge is -2.21. The Morgan fingerprint density at radius 2 is 1.76 bits per heavy atom. The van der Waals surface area contributed by atoms with Crippen LogP contribution in [-0.4, -0.2) is 55.0 Å². The van der Waals surface area contributed by atoms with Crippen molar-refractivity contribution in [1.29, 1.82) is 0 Å². The molecule has 0 atom stereocenters. The van der Waals surface area contributed by atoms with Crippen molar-refractivity contribution in [2.45, 2.75) is 26.7 Å². The summed E-state index contributed by atoms with van der Waals surface area (Å²) in [6, 6.07) is 7.62. The third-order valence-electron chi connectivity index (χ3n) is 5.77. The van der Waals surface area contributed by atoms with E-state index in [1.807, 2.05) is 38.1 Å². The number of hydrogen-bond donors (Lipinski definition) is 2. The van der Waals surface area contributed by atoms with E-state index in [1.54, 1.807) is 19.7 Å². The summed E-state index contributed by atoms with van der Waals surface area (Å²) in [5.74, 6) is 2.75. The van der Waals surface area contributed by atoms with Crippen molar-refractivity contribution in [3.63, 3.8) is 0 Å². The molecule has 2 heterocycles. The van der Waals surface area contributed by atoms with Gasteiger partial charge in [-0.15, -0.1) is 0 Å². The number of methoxy groups -OCH3 is 2. The van der Waals surface area contributed by atoms with Crippen molar-refractivity contribution in [2.75, 3.05) is 38.8 Å². The van der Waals surface area contributed by atoms with E-state index in [1.165, 1.54) is 0 Å². The van der Waals surface area contributed by atoms with E-state index in [-0.39, 0.29) is 6.61 Å². The van der Waals surface area contributed by atoms with Gasteiger partial charge >= 0.3 is 0 Å². The second kappa shape index (κ2) is 9.50. The maximum absolute atomic E-state index is 11.4. The zero-order valence-corrected chi connectivity index (χ0v) is 19.3. The molecule has 1 fully saturated rings. The first-order valence-corrected chi connectivity index (χ1v) is 10.8. The molecule has 0 saturated carbocycles. The number of rotatable bonds is 7. The molecular formula is C24H28N4O5. The first-order chi connectivity index (χ1) is 15.9. The van der Waals surface area contributed by atoms with Crippen LogP contribution in [0.3, 0.4) is 0 Å². The van der Waals surface area contributed by atoms with Gasteiger partial charge in [-0.05, 0) is 49.9 Å². The summed E-state index contributed by atoms with van der Waals surface area (Å²) in [7, 11) is 3.25. The Hall–Kier alpha value is -3.59. The van der Waals surface area contributed by atoms with Gasteiger partial charge in [-0.2, -0.15) is 0 Å². The number of carbonyl (C=O) groups is 1. The zero-order chi connectivity index (χ0) is 23.5. The van der Waals surface area contributed by atoms with Crippen molar-refractivity contribution in [2.24, 2.45) is 0 Å². The van der Waals surface area contributed by atoms with Crippen LogP contribution in [0.5, 0.6) is 17.2 Å². The second-order valence-corrected chi connectivity index (χ2v) is 8.05. The molecular weight excluding hydrogens is 424 g/mol. The number of nitrogens with one attached hydrogen (secondary N) is 1. The lowest BCUT2D eigenvalue weighted by molar-refractivity contribution is -0.131. The number of aromatic nitrogens is 2. The van der Waals surface area contributed by atoms with Crippen molar-refractivity contribution in [1.82, 2.24) is 15.4 Å². The molecule has 2 aromatic carbocycles. The molecule has 2 N–H and O–H groups in total. The molecule has 174 valence electrons. The summed E-state index contributed by atoms with van der Waals surface area (Å²) in [5.41, 5.74) is 4.83. The number of hydroxylamine groups is 1. The van der Waals surface area contributed by atoms with Crippen LogP contribution in [0.25, 0.3) is 22.3 Å². The molecule has 1 aliphatic heterocycles. The van der Waals surface area contributed by atoms with Crippen LogP contribution in [0.15, 0.2) is 24.3 Å². The fraction of sp³-hybridized carbons (Fsp3) is 0.375. The van der Waals surface area contributed by atoms with E-state index >= 15 is 0 Å². The van der Waals surface area contributed by atoms with Crippen LogP contribution >= 0.6 is 0 Å². The Labute approximate surface area is 192 Å². The molecule has 1 saturated heterocycles. The molecule has 4 rings (SSSR count). The van der Waals surface area contributed by atoms with E-state index in [2.05, 4.69) is 4.90 Å². The lowest BCUT2D eigenvalue weighted by atomic mass is 10.0. The molecule has 0 aliphatic carbocycles. The highest BCUT2D eigenvalue weighted by Gasteiger charge is 2.23. The number of amides is 1. The highest BCUT2D eigenvalue weighted by atomic mass is 16.5. The average Bonchev–Trinajstić information content (AvgIpc) is 3.36. The summed E-state index contributed by atoms with van der Waals surface area (Å²) in [6.07, 6.45) is 2.23. The summed E-state index contributed by atoms with van der Waals surface area (Å²) >= 11 is 0. The van der Waals surface area contributed by atoms with Crippen LogP contribution < -0.4 is 24.6 Å². The number of nitrogens with zero attached hydrogens (tertiary/aromatic N) is 3. The zero-order valence-electron chi connectivity index (χ0n) is 19.3. The molecule has 1 aliphatic rings. The fourth-order valence-corrected chi connectivity index (χ4v) is 4.23. The first-order valence-electron chi connectivity index (χ1n) is 10.8. The molecule has 0 bridgehead atoms. The van der Waals surface area contributed by atoms with Gasteiger partial charge in [0.15, 0.2) is 12.4 Å². The molecule has 1 amide bonds. The quantitative estimate of drug-likeness (QED) is 0.415. The lowest BCUT2D eigenvalue weighted by Crippen LogP contribution is -2.25. The molecule has 0 unspecified atom stereocenters. The van der Waals surface area contributed by atoms with Crippen LogP contribution in [0.4, 0.5) is 5.82 Å². The fourth-order valence-electron chi connectivity index (χ4n) is 4.23. The first kappa shape index (κ1) is 22.6. The van der Waals surface area contributed by atoms with Gasteiger partial charge in [0, 0.05) is 30.8 Å². The summed E-state index contributed by atoms with van der Waals surface area (Å²) in [6.45, 7) is 5.38. The Balaban J connectivity index is 1.84. The Kier molecular flexibility index (Phi) is 6.50. The standard InChI is InChI=1S/C24H28N4O5/c1-14-9-16(10-15(2)22(14)33-13-20(29)27-30)23-25-18-11-17(31-3)12-19(32-4)21(18)24(26-23)28-7-5-6-8-28/h9-12,30H,5-8,13H2,1-4H3,(H,27,29). The normalized spacial score (nSPS) is 13.3. The van der Waals surface area contributed by atoms with E-state index in [9.17, 15) is 4.79 Å². The van der Waals surface area contributed by atoms with Crippen molar-refractivity contribution < 1.29 is 24.2 Å². The number of aryl methyl sites for hydroxylation is 2. The van der Waals surface area contributed by atoms with Gasteiger partial charge < -0.3 is 19.1 Å². The van der Waals surface area contributed by atoms with Gasteiger partial charge in [0.05, 0.1) is 25.1 Å². The third-order valence-corrected chi connectivity index (χ3v) is 5.77. The Morgan fingerprint density at radius 1 is 1.06 bits per heavy atom. The van der Waals surface area contributed by atoms with Crippen molar-refractivity contribution in [3.8, 4) is 28.6 Å². The molecule has 9 nitrogen and oxygen atoms in total. The van der Waals surface area contributed by atoms with Crippen molar-refractivity contribution >= 4 is 22.6 Å². The minimum atomic E-state index is -0.617. The Morgan fingerprint density at radius 3 is 2.36 bits per heavy atom. The second-order valence-electron chi connectivity index (χ2n) is 8.05. The molecule has 1 aromatic heterocycles. The summed E-state index contributed by atoms with van der Waals surface area (Å²) in [5, 5.41) is 9.57. The molecule has 9 heteroatoms. The van der Waals surface area contributed by atoms with Crippen LogP contribution in [0.2, 0.25) is 0 Å². The van der Waals surface area contributed by atoms with Gasteiger partial charge in [0.2, 0.25) is 0 Å². The maximum atomic E-state index is 11.4. The van der Waals surface area contributed by atoms with Crippen LogP contribution in [-0.2, 0) is 4.79 Å². The highest BCUT2D eigenvalue weighted by molar-refractivity contribution is 5.97. The monoisotopic (exact) mass is 452 g/mol. The number of anilines is 1.